The maximum atomic E-state index is 12.5. The summed E-state index contributed by atoms with van der Waals surface area (Å²) in [6, 6.07) is 7.61. The molecule has 1 aromatic rings. The lowest BCUT2D eigenvalue weighted by atomic mass is 9.84. The molecular weight excluding hydrogens is 282 g/mol. The van der Waals surface area contributed by atoms with Crippen molar-refractivity contribution in [2.24, 2.45) is 0 Å². The number of nitrogens with zero attached hydrogens (tertiary/aromatic N) is 1. The number of amides is 2. The number of aliphatic hydroxyl groups is 1. The highest BCUT2D eigenvalue weighted by Gasteiger charge is 2.45. The maximum absolute atomic E-state index is 12.5. The molecule has 1 saturated heterocycles. The maximum Gasteiger partial charge on any atom is 0.251 e. The first-order valence-corrected chi connectivity index (χ1v) is 7.71. The van der Waals surface area contributed by atoms with E-state index in [4.69, 9.17) is 0 Å². The van der Waals surface area contributed by atoms with Crippen molar-refractivity contribution in [3.8, 4) is 0 Å². The number of nitrogens with one attached hydrogen (secondary N) is 2. The third-order valence-electron chi connectivity index (χ3n) is 4.58. The fraction of sp³-hybridized carbons (Fsp3) is 0.500. The SMILES string of the molecule is CC[C@H](O)C(=O)N1CCC2(CC1)Nc1ccccc1NC2=O. The minimum absolute atomic E-state index is 0.0469. The molecule has 6 heteroatoms. The summed E-state index contributed by atoms with van der Waals surface area (Å²) in [7, 11) is 0. The quantitative estimate of drug-likeness (QED) is 0.766. The number of likely N-dealkylation sites (tertiary alicyclic amines) is 1. The summed E-state index contributed by atoms with van der Waals surface area (Å²) in [6.07, 6.45) is 0.542. The average molecular weight is 303 g/mol. The van der Waals surface area contributed by atoms with E-state index < -0.39 is 11.6 Å². The summed E-state index contributed by atoms with van der Waals surface area (Å²) < 4.78 is 0. The van der Waals surface area contributed by atoms with Gasteiger partial charge in [0.25, 0.3) is 5.91 Å². The molecule has 0 saturated carbocycles. The number of hydrogen-bond acceptors (Lipinski definition) is 4. The number of carbonyl (C=O) groups excluding carboxylic acids is 2. The lowest BCUT2D eigenvalue weighted by Gasteiger charge is -2.44. The second-order valence-corrected chi connectivity index (χ2v) is 5.96. The average Bonchev–Trinajstić information content (AvgIpc) is 2.55. The second-order valence-electron chi connectivity index (χ2n) is 5.96. The number of aliphatic hydroxyl groups excluding tert-OH is 1. The van der Waals surface area contributed by atoms with Gasteiger partial charge in [-0.25, -0.2) is 0 Å². The monoisotopic (exact) mass is 303 g/mol. The predicted molar refractivity (Wildman–Crippen MR) is 83.5 cm³/mol. The number of hydrogen-bond donors (Lipinski definition) is 3. The number of anilines is 2. The van der Waals surface area contributed by atoms with E-state index >= 15 is 0 Å². The van der Waals surface area contributed by atoms with Crippen LogP contribution in [-0.4, -0.2) is 46.6 Å². The van der Waals surface area contributed by atoms with Gasteiger partial charge in [-0.2, -0.15) is 0 Å². The molecule has 2 heterocycles. The van der Waals surface area contributed by atoms with E-state index in [1.807, 2.05) is 24.3 Å². The zero-order valence-electron chi connectivity index (χ0n) is 12.6. The summed E-state index contributed by atoms with van der Waals surface area (Å²) >= 11 is 0. The van der Waals surface area contributed by atoms with Crippen LogP contribution in [0, 0.1) is 0 Å². The minimum Gasteiger partial charge on any atom is -0.383 e. The number of benzene rings is 1. The van der Waals surface area contributed by atoms with Crippen molar-refractivity contribution in [3.05, 3.63) is 24.3 Å². The van der Waals surface area contributed by atoms with Crippen LogP contribution in [0.3, 0.4) is 0 Å². The van der Waals surface area contributed by atoms with Gasteiger partial charge in [-0.05, 0) is 31.4 Å². The highest BCUT2D eigenvalue weighted by atomic mass is 16.3. The predicted octanol–water partition coefficient (Wildman–Crippen LogP) is 1.18. The smallest absolute Gasteiger partial charge is 0.251 e. The largest absolute Gasteiger partial charge is 0.383 e. The fourth-order valence-electron chi connectivity index (χ4n) is 3.10. The molecule has 2 amide bonds. The van der Waals surface area contributed by atoms with E-state index in [-0.39, 0.29) is 11.8 Å². The van der Waals surface area contributed by atoms with Gasteiger partial charge in [0.2, 0.25) is 5.91 Å². The van der Waals surface area contributed by atoms with Crippen LogP contribution in [0.25, 0.3) is 0 Å². The molecule has 22 heavy (non-hydrogen) atoms. The molecule has 1 aromatic carbocycles. The van der Waals surface area contributed by atoms with Crippen molar-refractivity contribution < 1.29 is 14.7 Å². The van der Waals surface area contributed by atoms with Crippen molar-refractivity contribution in [1.82, 2.24) is 4.90 Å². The third kappa shape index (κ3) is 2.43. The standard InChI is InChI=1S/C16H21N3O3/c1-2-13(20)14(21)19-9-7-16(8-10-19)15(22)17-11-5-3-4-6-12(11)18-16/h3-6,13,18,20H,2,7-10H2,1H3,(H,17,22)/t13-/m0/s1. The number of piperidine rings is 1. The zero-order chi connectivity index (χ0) is 15.7. The second kappa shape index (κ2) is 5.61. The van der Waals surface area contributed by atoms with Gasteiger partial charge in [0.15, 0.2) is 0 Å². The van der Waals surface area contributed by atoms with Crippen LogP contribution < -0.4 is 10.6 Å². The molecule has 118 valence electrons. The first kappa shape index (κ1) is 14.8. The van der Waals surface area contributed by atoms with Crippen molar-refractivity contribution in [2.75, 3.05) is 23.7 Å². The molecule has 0 aromatic heterocycles. The molecule has 1 spiro atoms. The Morgan fingerprint density at radius 1 is 1.32 bits per heavy atom. The number of carbonyl (C=O) groups is 2. The highest BCUT2D eigenvalue weighted by Crippen LogP contribution is 2.36. The molecular formula is C16H21N3O3. The summed E-state index contributed by atoms with van der Waals surface area (Å²) in [5, 5.41) is 16.0. The molecule has 0 bridgehead atoms. The molecule has 1 fully saturated rings. The van der Waals surface area contributed by atoms with Gasteiger partial charge >= 0.3 is 0 Å². The lowest BCUT2D eigenvalue weighted by Crippen LogP contribution is -2.59. The first-order chi connectivity index (χ1) is 10.6. The summed E-state index contributed by atoms with van der Waals surface area (Å²) in [6.45, 7) is 2.72. The number of fused-ring (bicyclic) bond motifs is 1. The van der Waals surface area contributed by atoms with E-state index in [2.05, 4.69) is 10.6 Å². The van der Waals surface area contributed by atoms with Gasteiger partial charge in [-0.1, -0.05) is 19.1 Å². The van der Waals surface area contributed by atoms with E-state index in [0.717, 1.165) is 11.4 Å². The van der Waals surface area contributed by atoms with Crippen LogP contribution in [0.2, 0.25) is 0 Å². The van der Waals surface area contributed by atoms with E-state index in [1.165, 1.54) is 0 Å². The van der Waals surface area contributed by atoms with Gasteiger partial charge in [0.05, 0.1) is 11.4 Å². The Kier molecular flexibility index (Phi) is 3.78. The first-order valence-electron chi connectivity index (χ1n) is 7.71. The fourth-order valence-corrected chi connectivity index (χ4v) is 3.10. The van der Waals surface area contributed by atoms with Gasteiger partial charge < -0.3 is 20.6 Å². The molecule has 0 unspecified atom stereocenters. The van der Waals surface area contributed by atoms with Crippen LogP contribution in [0.1, 0.15) is 26.2 Å². The van der Waals surface area contributed by atoms with Gasteiger partial charge in [0.1, 0.15) is 11.6 Å². The third-order valence-corrected chi connectivity index (χ3v) is 4.58. The van der Waals surface area contributed by atoms with Crippen molar-refractivity contribution in [2.45, 2.75) is 37.8 Å². The molecule has 3 N–H and O–H groups in total. The van der Waals surface area contributed by atoms with Crippen LogP contribution in [0.4, 0.5) is 11.4 Å². The van der Waals surface area contributed by atoms with Crippen LogP contribution in [0.15, 0.2) is 24.3 Å². The Bertz CT molecular complexity index is 594. The Morgan fingerprint density at radius 2 is 1.95 bits per heavy atom. The lowest BCUT2D eigenvalue weighted by molar-refractivity contribution is -0.143. The van der Waals surface area contributed by atoms with Gasteiger partial charge in [-0.15, -0.1) is 0 Å². The topological polar surface area (TPSA) is 81.7 Å². The Hall–Kier alpha value is -2.08. The number of para-hydroxylation sites is 2. The van der Waals surface area contributed by atoms with Crippen molar-refractivity contribution >= 4 is 23.2 Å². The summed E-state index contributed by atoms with van der Waals surface area (Å²) in [5.74, 6) is -0.289. The van der Waals surface area contributed by atoms with Crippen molar-refractivity contribution in [1.29, 1.82) is 0 Å². The van der Waals surface area contributed by atoms with Gasteiger partial charge in [0, 0.05) is 13.1 Å². The molecule has 3 rings (SSSR count). The molecule has 6 nitrogen and oxygen atoms in total. The Labute approximate surface area is 129 Å². The normalized spacial score (nSPS) is 20.8. The van der Waals surface area contributed by atoms with Gasteiger partial charge in [-0.3, -0.25) is 9.59 Å². The molecule has 2 aliphatic rings. The zero-order valence-corrected chi connectivity index (χ0v) is 12.6. The van der Waals surface area contributed by atoms with Crippen LogP contribution >= 0.6 is 0 Å². The molecule has 0 radical (unpaired) electrons. The van der Waals surface area contributed by atoms with E-state index in [0.29, 0.717) is 32.4 Å². The van der Waals surface area contributed by atoms with Crippen LogP contribution in [-0.2, 0) is 9.59 Å². The minimum atomic E-state index is -0.942. The summed E-state index contributed by atoms with van der Waals surface area (Å²) in [5.41, 5.74) is 1.04. The molecule has 0 aliphatic carbocycles. The Balaban J connectivity index is 1.73. The van der Waals surface area contributed by atoms with E-state index in [9.17, 15) is 14.7 Å². The highest BCUT2D eigenvalue weighted by molar-refractivity contribution is 6.06. The van der Waals surface area contributed by atoms with E-state index in [1.54, 1.807) is 11.8 Å². The molecule has 2 aliphatic heterocycles. The number of rotatable bonds is 2. The molecule has 1 atom stereocenters. The summed E-state index contributed by atoms with van der Waals surface area (Å²) in [4.78, 5) is 26.2. The van der Waals surface area contributed by atoms with Crippen molar-refractivity contribution in [3.63, 3.8) is 0 Å². The Morgan fingerprint density at radius 3 is 2.59 bits per heavy atom. The van der Waals surface area contributed by atoms with Crippen LogP contribution in [0.5, 0.6) is 0 Å².